The molecule has 0 aliphatic carbocycles. The molecule has 2 aromatic heterocycles. The number of likely N-dealkylation sites (tertiary alicyclic amines) is 1. The molecule has 30 heavy (non-hydrogen) atoms. The molecular weight excluding hydrogens is 402 g/mol. The average molecular weight is 424 g/mol. The molecule has 1 saturated heterocycles. The molecule has 0 radical (unpaired) electrons. The third kappa shape index (κ3) is 4.52. The number of carbonyl (C=O) groups excluding carboxylic acids is 2. The van der Waals surface area contributed by atoms with Crippen molar-refractivity contribution in [1.29, 1.82) is 0 Å². The van der Waals surface area contributed by atoms with Gasteiger partial charge in [-0.25, -0.2) is 0 Å². The first kappa shape index (κ1) is 20.1. The van der Waals surface area contributed by atoms with E-state index in [-0.39, 0.29) is 17.7 Å². The maximum absolute atomic E-state index is 12.9. The SMILES string of the molecule is O=C(NCc1ccccc1Cl)C1CCCN(C(=O)c2cc(-c3ccncc3)n[nH]2)C1. The van der Waals surface area contributed by atoms with Gasteiger partial charge in [-0.05, 0) is 42.7 Å². The lowest BCUT2D eigenvalue weighted by atomic mass is 9.96. The summed E-state index contributed by atoms with van der Waals surface area (Å²) in [6.07, 6.45) is 4.90. The summed E-state index contributed by atoms with van der Waals surface area (Å²) in [5.74, 6) is -0.450. The number of piperidine rings is 1. The predicted octanol–water partition coefficient (Wildman–Crippen LogP) is 3.29. The lowest BCUT2D eigenvalue weighted by Gasteiger charge is -2.31. The summed E-state index contributed by atoms with van der Waals surface area (Å²) in [4.78, 5) is 31.3. The Morgan fingerprint density at radius 3 is 2.80 bits per heavy atom. The van der Waals surface area contributed by atoms with E-state index in [1.807, 2.05) is 30.3 Å². The number of amides is 2. The van der Waals surface area contributed by atoms with Gasteiger partial charge < -0.3 is 10.2 Å². The number of pyridine rings is 1. The standard InChI is InChI=1S/C22H22ClN5O2/c23-18-6-2-1-4-16(18)13-25-21(29)17-5-3-11-28(14-17)22(30)20-12-19(26-27-20)15-7-9-24-10-8-15/h1-2,4,6-10,12,17H,3,5,11,13-14H2,(H,25,29)(H,26,27). The van der Waals surface area contributed by atoms with Crippen LogP contribution >= 0.6 is 11.6 Å². The van der Waals surface area contributed by atoms with E-state index in [1.165, 1.54) is 0 Å². The van der Waals surface area contributed by atoms with E-state index in [0.717, 1.165) is 24.0 Å². The minimum absolute atomic E-state index is 0.0606. The summed E-state index contributed by atoms with van der Waals surface area (Å²) < 4.78 is 0. The maximum atomic E-state index is 12.9. The van der Waals surface area contributed by atoms with Crippen molar-refractivity contribution >= 4 is 23.4 Å². The zero-order valence-corrected chi connectivity index (χ0v) is 17.1. The van der Waals surface area contributed by atoms with E-state index < -0.39 is 0 Å². The fourth-order valence-corrected chi connectivity index (χ4v) is 3.82. The number of carbonyl (C=O) groups is 2. The highest BCUT2D eigenvalue weighted by Crippen LogP contribution is 2.22. The zero-order chi connectivity index (χ0) is 20.9. The summed E-state index contributed by atoms with van der Waals surface area (Å²) in [5.41, 5.74) is 2.86. The first-order chi connectivity index (χ1) is 14.6. The van der Waals surface area contributed by atoms with Crippen molar-refractivity contribution in [2.75, 3.05) is 13.1 Å². The molecule has 0 bridgehead atoms. The van der Waals surface area contributed by atoms with Crippen LogP contribution in [0.3, 0.4) is 0 Å². The van der Waals surface area contributed by atoms with Crippen molar-refractivity contribution < 1.29 is 9.59 Å². The summed E-state index contributed by atoms with van der Waals surface area (Å²) >= 11 is 6.16. The van der Waals surface area contributed by atoms with Gasteiger partial charge in [0.25, 0.3) is 5.91 Å². The smallest absolute Gasteiger partial charge is 0.271 e. The summed E-state index contributed by atoms with van der Waals surface area (Å²) in [6.45, 7) is 1.38. The van der Waals surface area contributed by atoms with E-state index in [2.05, 4.69) is 20.5 Å². The zero-order valence-electron chi connectivity index (χ0n) is 16.3. The van der Waals surface area contributed by atoms with Gasteiger partial charge >= 0.3 is 0 Å². The minimum Gasteiger partial charge on any atom is -0.352 e. The number of hydrogen-bond acceptors (Lipinski definition) is 4. The molecule has 1 aromatic carbocycles. The first-order valence-electron chi connectivity index (χ1n) is 9.88. The van der Waals surface area contributed by atoms with E-state index in [4.69, 9.17) is 11.6 Å². The van der Waals surface area contributed by atoms with Crippen LogP contribution in [0.1, 0.15) is 28.9 Å². The van der Waals surface area contributed by atoms with Crippen LogP contribution in [0.4, 0.5) is 0 Å². The van der Waals surface area contributed by atoms with E-state index in [1.54, 1.807) is 29.4 Å². The fraction of sp³-hybridized carbons (Fsp3) is 0.273. The molecule has 154 valence electrons. The van der Waals surface area contributed by atoms with Crippen LogP contribution in [0.25, 0.3) is 11.3 Å². The van der Waals surface area contributed by atoms with E-state index in [0.29, 0.717) is 36.0 Å². The first-order valence-corrected chi connectivity index (χ1v) is 10.3. The van der Waals surface area contributed by atoms with Gasteiger partial charge in [0.05, 0.1) is 11.6 Å². The minimum atomic E-state index is -0.243. The number of halogens is 1. The van der Waals surface area contributed by atoms with Crippen LogP contribution in [0, 0.1) is 5.92 Å². The molecule has 2 N–H and O–H groups in total. The van der Waals surface area contributed by atoms with Crippen LogP contribution in [0.2, 0.25) is 5.02 Å². The third-order valence-corrected chi connectivity index (χ3v) is 5.64. The maximum Gasteiger partial charge on any atom is 0.271 e. The number of nitrogens with zero attached hydrogens (tertiary/aromatic N) is 3. The number of aromatic nitrogens is 3. The van der Waals surface area contributed by atoms with Crippen molar-refractivity contribution in [2.24, 2.45) is 5.92 Å². The number of benzene rings is 1. The van der Waals surface area contributed by atoms with Gasteiger partial charge in [-0.2, -0.15) is 5.10 Å². The highest BCUT2D eigenvalue weighted by molar-refractivity contribution is 6.31. The lowest BCUT2D eigenvalue weighted by Crippen LogP contribution is -2.45. The van der Waals surface area contributed by atoms with Gasteiger partial charge in [0.15, 0.2) is 0 Å². The largest absolute Gasteiger partial charge is 0.352 e. The van der Waals surface area contributed by atoms with Crippen molar-refractivity contribution in [2.45, 2.75) is 19.4 Å². The van der Waals surface area contributed by atoms with Crippen LogP contribution in [0.5, 0.6) is 0 Å². The number of aromatic amines is 1. The van der Waals surface area contributed by atoms with Crippen molar-refractivity contribution in [3.8, 4) is 11.3 Å². The Balaban J connectivity index is 1.37. The topological polar surface area (TPSA) is 91.0 Å². The van der Waals surface area contributed by atoms with Crippen LogP contribution < -0.4 is 5.32 Å². The molecule has 1 fully saturated rings. The molecular formula is C22H22ClN5O2. The molecule has 1 atom stereocenters. The Kier molecular flexibility index (Phi) is 6.09. The second-order valence-corrected chi connectivity index (χ2v) is 7.71. The van der Waals surface area contributed by atoms with Gasteiger partial charge in [-0.15, -0.1) is 0 Å². The van der Waals surface area contributed by atoms with Crippen LogP contribution in [-0.2, 0) is 11.3 Å². The summed E-state index contributed by atoms with van der Waals surface area (Å²) in [7, 11) is 0. The fourth-order valence-electron chi connectivity index (χ4n) is 3.62. The van der Waals surface area contributed by atoms with E-state index >= 15 is 0 Å². The van der Waals surface area contributed by atoms with Gasteiger partial charge in [0.2, 0.25) is 5.91 Å². The lowest BCUT2D eigenvalue weighted by molar-refractivity contribution is -0.126. The predicted molar refractivity (Wildman–Crippen MR) is 114 cm³/mol. The Morgan fingerprint density at radius 1 is 1.20 bits per heavy atom. The Morgan fingerprint density at radius 2 is 2.00 bits per heavy atom. The Hall–Kier alpha value is -3.19. The highest BCUT2D eigenvalue weighted by atomic mass is 35.5. The van der Waals surface area contributed by atoms with Crippen LogP contribution in [0.15, 0.2) is 54.9 Å². The molecule has 7 nitrogen and oxygen atoms in total. The number of H-pyrrole nitrogens is 1. The van der Waals surface area contributed by atoms with Crippen LogP contribution in [-0.4, -0.2) is 45.0 Å². The molecule has 3 aromatic rings. The molecule has 4 rings (SSSR count). The third-order valence-electron chi connectivity index (χ3n) is 5.27. The second kappa shape index (κ2) is 9.09. The van der Waals surface area contributed by atoms with Crippen molar-refractivity contribution in [3.05, 3.63) is 71.1 Å². The molecule has 0 saturated carbocycles. The summed E-state index contributed by atoms with van der Waals surface area (Å²) in [6, 6.07) is 12.8. The molecule has 0 spiro atoms. The van der Waals surface area contributed by atoms with Gasteiger partial charge in [-0.1, -0.05) is 29.8 Å². The normalized spacial score (nSPS) is 16.3. The van der Waals surface area contributed by atoms with Gasteiger partial charge in [0.1, 0.15) is 5.69 Å². The average Bonchev–Trinajstić information content (AvgIpc) is 3.29. The molecule has 3 heterocycles. The number of hydrogen-bond donors (Lipinski definition) is 2. The number of nitrogens with one attached hydrogen (secondary N) is 2. The quantitative estimate of drug-likeness (QED) is 0.658. The summed E-state index contributed by atoms with van der Waals surface area (Å²) in [5, 5.41) is 10.6. The Labute approximate surface area is 179 Å². The highest BCUT2D eigenvalue weighted by Gasteiger charge is 2.29. The molecule has 1 aliphatic heterocycles. The second-order valence-electron chi connectivity index (χ2n) is 7.30. The molecule has 8 heteroatoms. The molecule has 2 amide bonds. The monoisotopic (exact) mass is 423 g/mol. The van der Waals surface area contributed by atoms with Gasteiger partial charge in [-0.3, -0.25) is 19.7 Å². The van der Waals surface area contributed by atoms with Crippen molar-refractivity contribution in [3.63, 3.8) is 0 Å². The van der Waals surface area contributed by atoms with Gasteiger partial charge in [0, 0.05) is 42.6 Å². The van der Waals surface area contributed by atoms with E-state index in [9.17, 15) is 9.59 Å². The Bertz CT molecular complexity index is 1040. The molecule has 1 unspecified atom stereocenters. The van der Waals surface area contributed by atoms with Crippen molar-refractivity contribution in [1.82, 2.24) is 25.4 Å². The number of rotatable bonds is 5. The molecule has 1 aliphatic rings.